The maximum Gasteiger partial charge on any atom is 0.109 e. The second-order valence-corrected chi connectivity index (χ2v) is 3.85. The summed E-state index contributed by atoms with van der Waals surface area (Å²) in [6.07, 6.45) is 3.64. The predicted octanol–water partition coefficient (Wildman–Crippen LogP) is 3.16. The maximum absolute atomic E-state index is 9.02. The van der Waals surface area contributed by atoms with E-state index in [9.17, 15) is 0 Å². The first kappa shape index (κ1) is 11.9. The van der Waals surface area contributed by atoms with Gasteiger partial charge < -0.3 is 10.9 Å². The third-order valence-corrected chi connectivity index (χ3v) is 2.55. The highest BCUT2D eigenvalue weighted by Crippen LogP contribution is 2.09. The first-order valence-corrected chi connectivity index (χ1v) is 5.61. The van der Waals surface area contributed by atoms with Crippen LogP contribution in [0.25, 0.3) is 6.08 Å². The average molecular weight is 238 g/mol. The summed E-state index contributed by atoms with van der Waals surface area (Å²) in [4.78, 5) is 0. The van der Waals surface area contributed by atoms with E-state index in [0.717, 1.165) is 16.8 Å². The van der Waals surface area contributed by atoms with Crippen LogP contribution < -0.4 is 5.73 Å². The van der Waals surface area contributed by atoms with Crippen LogP contribution in [-0.2, 0) is 0 Å². The normalized spacial score (nSPS) is 11.9. The minimum atomic E-state index is 0.521. The van der Waals surface area contributed by atoms with Crippen LogP contribution in [0.15, 0.2) is 65.8 Å². The van der Waals surface area contributed by atoms with Gasteiger partial charge in [-0.1, -0.05) is 53.7 Å². The smallest absolute Gasteiger partial charge is 0.109 e. The van der Waals surface area contributed by atoms with E-state index in [-0.39, 0.29) is 0 Å². The minimum absolute atomic E-state index is 0.521. The lowest BCUT2D eigenvalue weighted by molar-refractivity contribution is 0.320. The number of hydrogen-bond donors (Lipinski definition) is 2. The number of oxime groups is 1. The van der Waals surface area contributed by atoms with Crippen LogP contribution >= 0.6 is 0 Å². The molecule has 18 heavy (non-hydrogen) atoms. The number of benzene rings is 2. The van der Waals surface area contributed by atoms with Crippen LogP contribution in [0.4, 0.5) is 5.69 Å². The van der Waals surface area contributed by atoms with Crippen LogP contribution in [0.3, 0.4) is 0 Å². The number of allylic oxidation sites excluding steroid dienone is 1. The van der Waals surface area contributed by atoms with E-state index in [2.05, 4.69) is 5.16 Å². The van der Waals surface area contributed by atoms with Crippen molar-refractivity contribution in [3.8, 4) is 0 Å². The molecule has 0 aliphatic carbocycles. The average Bonchev–Trinajstić information content (AvgIpc) is 2.43. The number of anilines is 1. The molecule has 0 heterocycles. The number of nitrogens with zero attached hydrogens (tertiary/aromatic N) is 1. The van der Waals surface area contributed by atoms with E-state index in [4.69, 9.17) is 10.9 Å². The molecule has 3 N–H and O–H groups in total. The standard InChI is InChI=1S/C15H14N2O/c16-14-9-6-12(7-10-14)8-11-15(17-18)13-4-2-1-3-5-13/h1-11,18H,16H2/b11-8-,17-15-. The van der Waals surface area contributed by atoms with Gasteiger partial charge in [-0.15, -0.1) is 0 Å². The van der Waals surface area contributed by atoms with Crippen molar-refractivity contribution in [3.05, 3.63) is 71.8 Å². The van der Waals surface area contributed by atoms with Gasteiger partial charge in [0.2, 0.25) is 0 Å². The largest absolute Gasteiger partial charge is 0.410 e. The van der Waals surface area contributed by atoms with E-state index >= 15 is 0 Å². The number of nitrogens with two attached hydrogens (primary N) is 1. The molecule has 0 saturated heterocycles. The zero-order chi connectivity index (χ0) is 12.8. The van der Waals surface area contributed by atoms with E-state index in [1.165, 1.54) is 0 Å². The Kier molecular flexibility index (Phi) is 3.76. The van der Waals surface area contributed by atoms with Crippen molar-refractivity contribution >= 4 is 17.5 Å². The summed E-state index contributed by atoms with van der Waals surface area (Å²) in [6, 6.07) is 17.0. The molecule has 0 aliphatic heterocycles. The molecule has 0 radical (unpaired) electrons. The van der Waals surface area contributed by atoms with Crippen LogP contribution in [0, 0.1) is 0 Å². The molecular formula is C15H14N2O. The second-order valence-electron chi connectivity index (χ2n) is 3.85. The number of rotatable bonds is 3. The van der Waals surface area contributed by atoms with Crippen molar-refractivity contribution in [2.24, 2.45) is 5.16 Å². The minimum Gasteiger partial charge on any atom is -0.410 e. The lowest BCUT2D eigenvalue weighted by atomic mass is 10.1. The van der Waals surface area contributed by atoms with Gasteiger partial charge in [0, 0.05) is 11.3 Å². The summed E-state index contributed by atoms with van der Waals surface area (Å²) >= 11 is 0. The fourth-order valence-corrected chi connectivity index (χ4v) is 1.58. The Morgan fingerprint density at radius 3 is 2.28 bits per heavy atom. The van der Waals surface area contributed by atoms with Crippen molar-refractivity contribution in [2.45, 2.75) is 0 Å². The third-order valence-electron chi connectivity index (χ3n) is 2.55. The van der Waals surface area contributed by atoms with Gasteiger partial charge >= 0.3 is 0 Å². The van der Waals surface area contributed by atoms with Crippen molar-refractivity contribution in [3.63, 3.8) is 0 Å². The summed E-state index contributed by atoms with van der Waals surface area (Å²) in [7, 11) is 0. The number of hydrogen-bond acceptors (Lipinski definition) is 3. The van der Waals surface area contributed by atoms with Crippen LogP contribution in [-0.4, -0.2) is 10.9 Å². The molecule has 0 fully saturated rings. The molecule has 0 atom stereocenters. The monoisotopic (exact) mass is 238 g/mol. The molecule has 0 amide bonds. The topological polar surface area (TPSA) is 58.6 Å². The molecule has 90 valence electrons. The molecule has 0 unspecified atom stereocenters. The highest BCUT2D eigenvalue weighted by molar-refractivity contribution is 6.10. The Bertz CT molecular complexity index is 557. The summed E-state index contributed by atoms with van der Waals surface area (Å²) in [5.41, 5.74) is 8.73. The van der Waals surface area contributed by atoms with E-state index in [0.29, 0.717) is 5.71 Å². The van der Waals surface area contributed by atoms with Crippen molar-refractivity contribution < 1.29 is 5.21 Å². The fourth-order valence-electron chi connectivity index (χ4n) is 1.58. The molecule has 3 nitrogen and oxygen atoms in total. The highest BCUT2D eigenvalue weighted by atomic mass is 16.4. The Labute approximate surface area is 106 Å². The lowest BCUT2D eigenvalue weighted by Gasteiger charge is -1.99. The highest BCUT2D eigenvalue weighted by Gasteiger charge is 1.98. The predicted molar refractivity (Wildman–Crippen MR) is 74.7 cm³/mol. The van der Waals surface area contributed by atoms with Gasteiger partial charge in [-0.2, -0.15) is 0 Å². The Morgan fingerprint density at radius 2 is 1.67 bits per heavy atom. The first-order chi connectivity index (χ1) is 8.79. The molecule has 0 bridgehead atoms. The second kappa shape index (κ2) is 5.68. The van der Waals surface area contributed by atoms with E-state index in [1.807, 2.05) is 60.7 Å². The van der Waals surface area contributed by atoms with Crippen molar-refractivity contribution in [1.29, 1.82) is 0 Å². The zero-order valence-electron chi connectivity index (χ0n) is 9.82. The van der Waals surface area contributed by atoms with Gasteiger partial charge in [0.1, 0.15) is 5.71 Å². The summed E-state index contributed by atoms with van der Waals surface area (Å²) in [5.74, 6) is 0. The Balaban J connectivity index is 2.19. The van der Waals surface area contributed by atoms with Gasteiger partial charge in [-0.3, -0.25) is 0 Å². The van der Waals surface area contributed by atoms with Gasteiger partial charge in [0.25, 0.3) is 0 Å². The Morgan fingerprint density at radius 1 is 1.00 bits per heavy atom. The lowest BCUT2D eigenvalue weighted by Crippen LogP contribution is -1.95. The SMILES string of the molecule is Nc1ccc(/C=C\C(=N\O)c2ccccc2)cc1. The van der Waals surface area contributed by atoms with Crippen LogP contribution in [0.2, 0.25) is 0 Å². The van der Waals surface area contributed by atoms with Crippen molar-refractivity contribution in [1.82, 2.24) is 0 Å². The molecule has 0 spiro atoms. The fraction of sp³-hybridized carbons (Fsp3) is 0. The molecule has 0 aromatic heterocycles. The van der Waals surface area contributed by atoms with Gasteiger partial charge in [-0.05, 0) is 23.8 Å². The third kappa shape index (κ3) is 2.98. The van der Waals surface area contributed by atoms with Gasteiger partial charge in [-0.25, -0.2) is 0 Å². The number of nitrogen functional groups attached to an aromatic ring is 1. The summed E-state index contributed by atoms with van der Waals surface area (Å²) in [6.45, 7) is 0. The van der Waals surface area contributed by atoms with Crippen LogP contribution in [0.5, 0.6) is 0 Å². The Hall–Kier alpha value is -2.55. The molecule has 2 rings (SSSR count). The van der Waals surface area contributed by atoms with E-state index < -0.39 is 0 Å². The quantitative estimate of drug-likeness (QED) is 0.373. The molecule has 0 saturated carbocycles. The molecular weight excluding hydrogens is 224 g/mol. The van der Waals surface area contributed by atoms with E-state index in [1.54, 1.807) is 6.08 Å². The maximum atomic E-state index is 9.02. The summed E-state index contributed by atoms with van der Waals surface area (Å²) < 4.78 is 0. The molecule has 2 aromatic carbocycles. The molecule has 2 aromatic rings. The molecule has 0 aliphatic rings. The first-order valence-electron chi connectivity index (χ1n) is 5.61. The van der Waals surface area contributed by atoms with Gasteiger partial charge in [0.05, 0.1) is 0 Å². The zero-order valence-corrected chi connectivity index (χ0v) is 9.82. The summed E-state index contributed by atoms with van der Waals surface area (Å²) in [5, 5.41) is 12.3. The van der Waals surface area contributed by atoms with Crippen molar-refractivity contribution in [2.75, 3.05) is 5.73 Å². The van der Waals surface area contributed by atoms with Crippen LogP contribution in [0.1, 0.15) is 11.1 Å². The molecule has 3 heteroatoms. The van der Waals surface area contributed by atoms with Gasteiger partial charge in [0.15, 0.2) is 0 Å².